The second kappa shape index (κ2) is 7.47. The molecule has 2 aliphatic heterocycles. The van der Waals surface area contributed by atoms with Gasteiger partial charge in [-0.25, -0.2) is 0 Å². The summed E-state index contributed by atoms with van der Waals surface area (Å²) in [6.45, 7) is 8.25. The molecule has 3 rings (SSSR count). The third-order valence-corrected chi connectivity index (χ3v) is 5.03. The summed E-state index contributed by atoms with van der Waals surface area (Å²) in [6.07, 6.45) is 2.41. The second-order valence-corrected chi connectivity index (χ2v) is 6.76. The minimum absolute atomic E-state index is 0.217. The van der Waals surface area contributed by atoms with Gasteiger partial charge in [0, 0.05) is 32.7 Å². The first-order valence-corrected chi connectivity index (χ1v) is 8.55. The number of furan rings is 1. The van der Waals surface area contributed by atoms with Gasteiger partial charge in [0.15, 0.2) is 0 Å². The molecule has 0 radical (unpaired) electrons. The van der Waals surface area contributed by atoms with E-state index < -0.39 is 0 Å². The summed E-state index contributed by atoms with van der Waals surface area (Å²) >= 11 is 0. The van der Waals surface area contributed by atoms with Gasteiger partial charge >= 0.3 is 0 Å². The SMILES string of the molecule is CC(O)C1CCN(CC(=O)N2CCN(Cc3ccco3)CC2)C1. The van der Waals surface area contributed by atoms with E-state index in [-0.39, 0.29) is 12.0 Å². The quantitative estimate of drug-likeness (QED) is 0.862. The number of piperazine rings is 1. The summed E-state index contributed by atoms with van der Waals surface area (Å²) < 4.78 is 5.38. The zero-order valence-corrected chi connectivity index (χ0v) is 13.9. The topological polar surface area (TPSA) is 60.2 Å². The minimum atomic E-state index is -0.278. The molecule has 2 aliphatic rings. The highest BCUT2D eigenvalue weighted by molar-refractivity contribution is 5.78. The fourth-order valence-electron chi connectivity index (χ4n) is 3.47. The predicted molar refractivity (Wildman–Crippen MR) is 86.8 cm³/mol. The van der Waals surface area contributed by atoms with Crippen molar-refractivity contribution in [3.05, 3.63) is 24.2 Å². The first-order valence-electron chi connectivity index (χ1n) is 8.55. The normalized spacial score (nSPS) is 25.0. The molecule has 2 fully saturated rings. The first-order chi connectivity index (χ1) is 11.1. The van der Waals surface area contributed by atoms with Crippen molar-refractivity contribution in [1.29, 1.82) is 0 Å². The summed E-state index contributed by atoms with van der Waals surface area (Å²) in [7, 11) is 0. The lowest BCUT2D eigenvalue weighted by Crippen LogP contribution is -2.50. The Morgan fingerprint density at radius 3 is 2.70 bits per heavy atom. The smallest absolute Gasteiger partial charge is 0.236 e. The van der Waals surface area contributed by atoms with Crippen LogP contribution in [0.3, 0.4) is 0 Å². The number of carbonyl (C=O) groups excluding carboxylic acids is 1. The number of aliphatic hydroxyl groups excluding tert-OH is 1. The zero-order valence-electron chi connectivity index (χ0n) is 13.9. The van der Waals surface area contributed by atoms with Gasteiger partial charge in [0.1, 0.15) is 5.76 Å². The standard InChI is InChI=1S/C17H27N3O3/c1-14(21)15-4-5-19(11-15)13-17(22)20-8-6-18(7-9-20)12-16-3-2-10-23-16/h2-3,10,14-15,21H,4-9,11-13H2,1H3. The third-order valence-electron chi connectivity index (χ3n) is 5.03. The van der Waals surface area contributed by atoms with Crippen LogP contribution in [0.15, 0.2) is 22.8 Å². The van der Waals surface area contributed by atoms with Crippen LogP contribution >= 0.6 is 0 Å². The van der Waals surface area contributed by atoms with Gasteiger partial charge in [0.2, 0.25) is 5.91 Å². The van der Waals surface area contributed by atoms with Gasteiger partial charge in [0.05, 0.1) is 25.5 Å². The van der Waals surface area contributed by atoms with E-state index in [2.05, 4.69) is 9.80 Å². The van der Waals surface area contributed by atoms with E-state index in [1.54, 1.807) is 6.26 Å². The van der Waals surface area contributed by atoms with Crippen LogP contribution in [-0.4, -0.2) is 77.6 Å². The van der Waals surface area contributed by atoms with E-state index in [0.29, 0.717) is 12.5 Å². The Kier molecular flexibility index (Phi) is 5.35. The Bertz CT molecular complexity index is 495. The van der Waals surface area contributed by atoms with Crippen LogP contribution in [0.5, 0.6) is 0 Å². The number of amides is 1. The van der Waals surface area contributed by atoms with Gasteiger partial charge in [-0.05, 0) is 37.9 Å². The number of rotatable bonds is 5. The fraction of sp³-hybridized carbons (Fsp3) is 0.706. The van der Waals surface area contributed by atoms with Crippen LogP contribution in [0.4, 0.5) is 0 Å². The van der Waals surface area contributed by atoms with Crippen LogP contribution in [0.2, 0.25) is 0 Å². The van der Waals surface area contributed by atoms with Gasteiger partial charge in [-0.2, -0.15) is 0 Å². The lowest BCUT2D eigenvalue weighted by atomic mass is 10.0. The van der Waals surface area contributed by atoms with Crippen LogP contribution in [0, 0.1) is 5.92 Å². The molecular formula is C17H27N3O3. The molecule has 6 heteroatoms. The van der Waals surface area contributed by atoms with Crippen molar-refractivity contribution < 1.29 is 14.3 Å². The molecular weight excluding hydrogens is 294 g/mol. The molecule has 1 aromatic heterocycles. The lowest BCUT2D eigenvalue weighted by molar-refractivity contribution is -0.134. The highest BCUT2D eigenvalue weighted by Crippen LogP contribution is 2.19. The van der Waals surface area contributed by atoms with Gasteiger partial charge in [-0.15, -0.1) is 0 Å². The van der Waals surface area contributed by atoms with Gasteiger partial charge in [-0.1, -0.05) is 0 Å². The number of aliphatic hydroxyl groups is 1. The van der Waals surface area contributed by atoms with E-state index in [1.807, 2.05) is 24.0 Å². The van der Waals surface area contributed by atoms with Crippen molar-refractivity contribution in [1.82, 2.24) is 14.7 Å². The maximum absolute atomic E-state index is 12.4. The minimum Gasteiger partial charge on any atom is -0.468 e. The summed E-state index contributed by atoms with van der Waals surface area (Å²) in [5.41, 5.74) is 0. The van der Waals surface area contributed by atoms with E-state index in [1.165, 1.54) is 0 Å². The monoisotopic (exact) mass is 321 g/mol. The average molecular weight is 321 g/mol. The molecule has 1 aromatic rings. The summed E-state index contributed by atoms with van der Waals surface area (Å²) in [4.78, 5) is 18.9. The van der Waals surface area contributed by atoms with E-state index in [0.717, 1.165) is 58.0 Å². The maximum Gasteiger partial charge on any atom is 0.236 e. The Labute approximate surface area is 137 Å². The third kappa shape index (κ3) is 4.34. The number of hydrogen-bond acceptors (Lipinski definition) is 5. The number of nitrogens with zero attached hydrogens (tertiary/aromatic N) is 3. The van der Waals surface area contributed by atoms with Crippen molar-refractivity contribution in [2.75, 3.05) is 45.8 Å². The molecule has 2 atom stereocenters. The largest absolute Gasteiger partial charge is 0.468 e. The molecule has 0 saturated carbocycles. The molecule has 1 N–H and O–H groups in total. The molecule has 1 amide bonds. The number of hydrogen-bond donors (Lipinski definition) is 1. The Hall–Kier alpha value is -1.37. The van der Waals surface area contributed by atoms with Gasteiger partial charge in [-0.3, -0.25) is 14.6 Å². The summed E-state index contributed by atoms with van der Waals surface area (Å²) in [5, 5.41) is 9.65. The number of likely N-dealkylation sites (tertiary alicyclic amines) is 1. The molecule has 3 heterocycles. The average Bonchev–Trinajstić information content (AvgIpc) is 3.19. The summed E-state index contributed by atoms with van der Waals surface area (Å²) in [5.74, 6) is 1.51. The van der Waals surface area contributed by atoms with Crippen molar-refractivity contribution in [2.24, 2.45) is 5.92 Å². The maximum atomic E-state index is 12.4. The highest BCUT2D eigenvalue weighted by Gasteiger charge is 2.29. The molecule has 0 spiro atoms. The van der Waals surface area contributed by atoms with Crippen LogP contribution in [-0.2, 0) is 11.3 Å². The van der Waals surface area contributed by atoms with Crippen molar-refractivity contribution in [3.8, 4) is 0 Å². The van der Waals surface area contributed by atoms with E-state index >= 15 is 0 Å². The fourth-order valence-corrected chi connectivity index (χ4v) is 3.47. The van der Waals surface area contributed by atoms with Crippen LogP contribution in [0.25, 0.3) is 0 Å². The van der Waals surface area contributed by atoms with Crippen molar-refractivity contribution in [2.45, 2.75) is 26.0 Å². The zero-order chi connectivity index (χ0) is 16.2. The molecule has 128 valence electrons. The molecule has 6 nitrogen and oxygen atoms in total. The molecule has 0 aliphatic carbocycles. The highest BCUT2D eigenvalue weighted by atomic mass is 16.3. The van der Waals surface area contributed by atoms with Gasteiger partial charge in [0.25, 0.3) is 0 Å². The molecule has 0 aromatic carbocycles. The Morgan fingerprint density at radius 2 is 2.09 bits per heavy atom. The van der Waals surface area contributed by atoms with Crippen molar-refractivity contribution >= 4 is 5.91 Å². The molecule has 2 unspecified atom stereocenters. The summed E-state index contributed by atoms with van der Waals surface area (Å²) in [6, 6.07) is 3.90. The van der Waals surface area contributed by atoms with E-state index in [4.69, 9.17) is 4.42 Å². The number of carbonyl (C=O) groups is 1. The first kappa shape index (κ1) is 16.5. The molecule has 0 bridgehead atoms. The van der Waals surface area contributed by atoms with Crippen LogP contribution in [0.1, 0.15) is 19.1 Å². The van der Waals surface area contributed by atoms with Crippen molar-refractivity contribution in [3.63, 3.8) is 0 Å². The second-order valence-electron chi connectivity index (χ2n) is 6.76. The Balaban J connectivity index is 1.40. The molecule has 23 heavy (non-hydrogen) atoms. The predicted octanol–water partition coefficient (Wildman–Crippen LogP) is 0.627. The lowest BCUT2D eigenvalue weighted by Gasteiger charge is -2.35. The molecule has 2 saturated heterocycles. The van der Waals surface area contributed by atoms with Crippen LogP contribution < -0.4 is 0 Å². The van der Waals surface area contributed by atoms with Gasteiger partial charge < -0.3 is 14.4 Å². The Morgan fingerprint density at radius 1 is 1.30 bits per heavy atom. The van der Waals surface area contributed by atoms with E-state index in [9.17, 15) is 9.90 Å².